The van der Waals surface area contributed by atoms with Gasteiger partial charge in [-0.3, -0.25) is 14.3 Å². The van der Waals surface area contributed by atoms with E-state index >= 15 is 0 Å². The van der Waals surface area contributed by atoms with Crippen molar-refractivity contribution in [3.63, 3.8) is 0 Å². The molecule has 3 N–H and O–H groups in total. The van der Waals surface area contributed by atoms with Crippen LogP contribution in [0.15, 0.2) is 41.3 Å². The van der Waals surface area contributed by atoms with Crippen molar-refractivity contribution in [2.24, 2.45) is 11.7 Å². The fourth-order valence-corrected chi connectivity index (χ4v) is 5.03. The van der Waals surface area contributed by atoms with Gasteiger partial charge in [0, 0.05) is 24.6 Å². The van der Waals surface area contributed by atoms with E-state index in [1.165, 1.54) is 6.07 Å². The molecule has 0 aromatic heterocycles. The van der Waals surface area contributed by atoms with E-state index in [1.54, 1.807) is 36.1 Å². The highest BCUT2D eigenvalue weighted by molar-refractivity contribution is 7.92. The summed E-state index contributed by atoms with van der Waals surface area (Å²) in [6.07, 6.45) is 1.04. The number of benzene rings is 2. The van der Waals surface area contributed by atoms with Gasteiger partial charge in [-0.05, 0) is 68.5 Å². The van der Waals surface area contributed by atoms with Gasteiger partial charge in [0.15, 0.2) is 0 Å². The largest absolute Gasteiger partial charge is 0.369 e. The monoisotopic (exact) mass is 429 g/mol. The Balaban J connectivity index is 1.85. The lowest BCUT2D eigenvalue weighted by Crippen LogP contribution is -2.41. The van der Waals surface area contributed by atoms with Gasteiger partial charge in [-0.25, -0.2) is 8.42 Å². The molecule has 0 radical (unpaired) electrons. The number of carbonyl (C=O) groups is 2. The molecule has 0 saturated carbocycles. The van der Waals surface area contributed by atoms with Crippen LogP contribution in [0.4, 0.5) is 5.69 Å². The molecule has 1 fully saturated rings. The normalized spacial score (nSPS) is 15.1. The van der Waals surface area contributed by atoms with Crippen LogP contribution < -0.4 is 10.5 Å². The summed E-state index contributed by atoms with van der Waals surface area (Å²) in [6, 6.07) is 10.1. The summed E-state index contributed by atoms with van der Waals surface area (Å²) in [4.78, 5) is 26.0. The maximum atomic E-state index is 13.1. The number of hydrogen-bond donors (Lipinski definition) is 2. The Morgan fingerprint density at radius 2 is 1.70 bits per heavy atom. The third kappa shape index (κ3) is 4.48. The highest BCUT2D eigenvalue weighted by Crippen LogP contribution is 2.25. The molecule has 2 aromatic carbocycles. The number of aryl methyl sites for hydroxylation is 2. The summed E-state index contributed by atoms with van der Waals surface area (Å²) >= 11 is 0. The van der Waals surface area contributed by atoms with Crippen LogP contribution in [0.1, 0.15) is 39.9 Å². The number of sulfonamides is 1. The zero-order valence-electron chi connectivity index (χ0n) is 17.4. The molecule has 7 nitrogen and oxygen atoms in total. The Morgan fingerprint density at radius 3 is 2.33 bits per heavy atom. The summed E-state index contributed by atoms with van der Waals surface area (Å²) in [7, 11) is -3.87. The van der Waals surface area contributed by atoms with E-state index < -0.39 is 10.0 Å². The van der Waals surface area contributed by atoms with E-state index in [2.05, 4.69) is 4.72 Å². The van der Waals surface area contributed by atoms with Crippen LogP contribution in [-0.4, -0.2) is 38.2 Å². The fourth-order valence-electron chi connectivity index (χ4n) is 3.63. The number of nitrogens with zero attached hydrogens (tertiary/aromatic N) is 1. The number of amides is 2. The molecular formula is C22H27N3O4S. The van der Waals surface area contributed by atoms with E-state index in [0.29, 0.717) is 42.7 Å². The predicted molar refractivity (Wildman–Crippen MR) is 116 cm³/mol. The van der Waals surface area contributed by atoms with Gasteiger partial charge in [-0.2, -0.15) is 0 Å². The lowest BCUT2D eigenvalue weighted by molar-refractivity contribution is -0.123. The Morgan fingerprint density at radius 1 is 1.03 bits per heavy atom. The number of piperidine rings is 1. The number of carbonyl (C=O) groups excluding carboxylic acids is 2. The molecule has 0 spiro atoms. The number of nitrogens with one attached hydrogen (secondary N) is 1. The first-order valence-electron chi connectivity index (χ1n) is 9.88. The molecule has 8 heteroatoms. The minimum atomic E-state index is -3.87. The second-order valence-corrected chi connectivity index (χ2v) is 9.45. The summed E-state index contributed by atoms with van der Waals surface area (Å²) < 4.78 is 28.8. The number of nitrogens with two attached hydrogens (primary N) is 1. The van der Waals surface area contributed by atoms with Crippen molar-refractivity contribution in [2.45, 2.75) is 38.5 Å². The van der Waals surface area contributed by atoms with E-state index in [-0.39, 0.29) is 22.6 Å². The van der Waals surface area contributed by atoms with Gasteiger partial charge in [0.05, 0.1) is 10.6 Å². The zero-order valence-corrected chi connectivity index (χ0v) is 18.3. The average molecular weight is 430 g/mol. The molecule has 0 bridgehead atoms. The Bertz CT molecular complexity index is 1090. The van der Waals surface area contributed by atoms with Crippen LogP contribution in [0.25, 0.3) is 0 Å². The maximum absolute atomic E-state index is 13.1. The lowest BCUT2D eigenvalue weighted by Gasteiger charge is -2.30. The van der Waals surface area contributed by atoms with Crippen molar-refractivity contribution in [3.8, 4) is 0 Å². The van der Waals surface area contributed by atoms with Gasteiger partial charge in [-0.15, -0.1) is 0 Å². The molecule has 3 rings (SSSR count). The Labute approximate surface area is 177 Å². The van der Waals surface area contributed by atoms with Crippen molar-refractivity contribution >= 4 is 27.5 Å². The quantitative estimate of drug-likeness (QED) is 0.761. The predicted octanol–water partition coefficient (Wildman–Crippen LogP) is 2.75. The molecular weight excluding hydrogens is 402 g/mol. The van der Waals surface area contributed by atoms with Gasteiger partial charge in [-0.1, -0.05) is 18.2 Å². The number of primary amides is 1. The number of anilines is 1. The maximum Gasteiger partial charge on any atom is 0.262 e. The molecule has 0 aliphatic carbocycles. The first-order chi connectivity index (χ1) is 14.1. The van der Waals surface area contributed by atoms with Crippen LogP contribution in [0, 0.1) is 26.7 Å². The van der Waals surface area contributed by atoms with Gasteiger partial charge < -0.3 is 10.6 Å². The highest BCUT2D eigenvalue weighted by atomic mass is 32.2. The number of likely N-dealkylation sites (tertiary alicyclic amines) is 1. The van der Waals surface area contributed by atoms with Crippen molar-refractivity contribution in [2.75, 3.05) is 17.8 Å². The average Bonchev–Trinajstić information content (AvgIpc) is 2.71. The summed E-state index contributed by atoms with van der Waals surface area (Å²) in [5.41, 5.74) is 8.55. The molecule has 0 atom stereocenters. The molecule has 2 amide bonds. The van der Waals surface area contributed by atoms with E-state index in [1.807, 2.05) is 19.9 Å². The SMILES string of the molecule is Cc1ccc(C(=O)N2CCC(C(N)=O)CC2)cc1S(=O)(=O)Nc1cccc(C)c1C. The van der Waals surface area contributed by atoms with E-state index in [0.717, 1.165) is 11.1 Å². The molecule has 2 aromatic rings. The van der Waals surface area contributed by atoms with Crippen molar-refractivity contribution in [3.05, 3.63) is 58.7 Å². The van der Waals surface area contributed by atoms with Gasteiger partial charge in [0.1, 0.15) is 0 Å². The van der Waals surface area contributed by atoms with E-state index in [9.17, 15) is 18.0 Å². The Kier molecular flexibility index (Phi) is 6.17. The molecule has 30 heavy (non-hydrogen) atoms. The fraction of sp³-hybridized carbons (Fsp3) is 0.364. The summed E-state index contributed by atoms with van der Waals surface area (Å²) in [5.74, 6) is -0.811. The second-order valence-electron chi connectivity index (χ2n) is 7.80. The standard InChI is InChI=1S/C22H27N3O4S/c1-14-5-4-6-19(16(14)3)24-30(28,29)20-13-18(8-7-15(20)2)22(27)25-11-9-17(10-12-25)21(23)26/h4-8,13,17,24H,9-12H2,1-3H3,(H2,23,26). The molecule has 160 valence electrons. The molecule has 1 aliphatic heterocycles. The van der Waals surface area contributed by atoms with Crippen LogP contribution in [0.3, 0.4) is 0 Å². The minimum absolute atomic E-state index is 0.0706. The second kappa shape index (κ2) is 8.47. The zero-order chi connectivity index (χ0) is 22.1. The first-order valence-corrected chi connectivity index (χ1v) is 11.4. The summed E-state index contributed by atoms with van der Waals surface area (Å²) in [6.45, 7) is 6.31. The smallest absolute Gasteiger partial charge is 0.262 e. The van der Waals surface area contributed by atoms with Crippen LogP contribution in [0.2, 0.25) is 0 Å². The van der Waals surface area contributed by atoms with Gasteiger partial charge in [0.2, 0.25) is 5.91 Å². The van der Waals surface area contributed by atoms with E-state index in [4.69, 9.17) is 5.73 Å². The topological polar surface area (TPSA) is 110 Å². The Hall–Kier alpha value is -2.87. The van der Waals surface area contributed by atoms with Crippen LogP contribution >= 0.6 is 0 Å². The van der Waals surface area contributed by atoms with Gasteiger partial charge >= 0.3 is 0 Å². The lowest BCUT2D eigenvalue weighted by atomic mass is 9.96. The van der Waals surface area contributed by atoms with Gasteiger partial charge in [0.25, 0.3) is 15.9 Å². The minimum Gasteiger partial charge on any atom is -0.369 e. The van der Waals surface area contributed by atoms with Crippen molar-refractivity contribution in [1.82, 2.24) is 4.90 Å². The van der Waals surface area contributed by atoms with Crippen LogP contribution in [0.5, 0.6) is 0 Å². The number of rotatable bonds is 5. The molecule has 0 unspecified atom stereocenters. The van der Waals surface area contributed by atoms with Crippen molar-refractivity contribution < 1.29 is 18.0 Å². The highest BCUT2D eigenvalue weighted by Gasteiger charge is 2.27. The third-order valence-electron chi connectivity index (χ3n) is 5.76. The molecule has 1 heterocycles. The molecule has 1 saturated heterocycles. The van der Waals surface area contributed by atoms with Crippen LogP contribution in [-0.2, 0) is 14.8 Å². The number of hydrogen-bond acceptors (Lipinski definition) is 4. The molecule has 1 aliphatic rings. The summed E-state index contributed by atoms with van der Waals surface area (Å²) in [5, 5.41) is 0. The first kappa shape index (κ1) is 21.8. The third-order valence-corrected chi connectivity index (χ3v) is 7.27. The van der Waals surface area contributed by atoms with Crippen molar-refractivity contribution in [1.29, 1.82) is 0 Å².